The number of carboxylic acid groups (broad SMARTS) is 1. The van der Waals surface area contributed by atoms with Gasteiger partial charge >= 0.3 is 5.97 Å². The van der Waals surface area contributed by atoms with Gasteiger partial charge in [0.05, 0.1) is 13.2 Å². The van der Waals surface area contributed by atoms with Crippen molar-refractivity contribution in [2.24, 2.45) is 0 Å². The van der Waals surface area contributed by atoms with Crippen molar-refractivity contribution in [3.63, 3.8) is 0 Å². The van der Waals surface area contributed by atoms with Gasteiger partial charge in [0.25, 0.3) is 0 Å². The summed E-state index contributed by atoms with van der Waals surface area (Å²) >= 11 is 0. The zero-order chi connectivity index (χ0) is 19.0. The van der Waals surface area contributed by atoms with Crippen molar-refractivity contribution in [1.82, 2.24) is 4.90 Å². The van der Waals surface area contributed by atoms with E-state index >= 15 is 0 Å². The lowest BCUT2D eigenvalue weighted by Crippen LogP contribution is -2.42. The monoisotopic (exact) mass is 349 g/mol. The summed E-state index contributed by atoms with van der Waals surface area (Å²) in [6.45, 7) is 14.4. The molecule has 0 bridgehead atoms. The van der Waals surface area contributed by atoms with Crippen LogP contribution in [-0.4, -0.2) is 47.4 Å². The Balaban J connectivity index is 2.63. The third-order valence-electron chi connectivity index (χ3n) is 4.71. The number of phenolic OH excluding ortho intramolecular Hbond substituents is 1. The van der Waals surface area contributed by atoms with Gasteiger partial charge in [-0.3, -0.25) is 9.69 Å². The Hall–Kier alpha value is -1.59. The van der Waals surface area contributed by atoms with E-state index in [1.165, 1.54) is 0 Å². The van der Waals surface area contributed by atoms with Gasteiger partial charge < -0.3 is 14.9 Å². The highest BCUT2D eigenvalue weighted by Gasteiger charge is 2.33. The summed E-state index contributed by atoms with van der Waals surface area (Å²) in [5.41, 5.74) is 1.73. The second-order valence-corrected chi connectivity index (χ2v) is 8.85. The molecule has 2 N–H and O–H groups in total. The number of benzene rings is 1. The number of phenols is 1. The van der Waals surface area contributed by atoms with Crippen LogP contribution in [0.5, 0.6) is 5.75 Å². The quantitative estimate of drug-likeness (QED) is 0.875. The third-order valence-corrected chi connectivity index (χ3v) is 4.71. The van der Waals surface area contributed by atoms with Crippen LogP contribution in [-0.2, 0) is 20.4 Å². The standard InChI is InChI=1S/C20H31NO4/c1-19(2,3)14-11-13(12-15(17(14)22)20(4,5)6)16(18(23)24)21-7-9-25-10-8-21/h11-12,16,22H,7-10H2,1-6H3,(H,23,24). The molecule has 0 spiro atoms. The number of hydrogen-bond acceptors (Lipinski definition) is 4. The highest BCUT2D eigenvalue weighted by atomic mass is 16.5. The molecule has 0 amide bonds. The smallest absolute Gasteiger partial charge is 0.325 e. The van der Waals surface area contributed by atoms with E-state index in [-0.39, 0.29) is 16.6 Å². The molecule has 1 aromatic rings. The molecule has 1 fully saturated rings. The van der Waals surface area contributed by atoms with E-state index in [0.717, 1.165) is 16.7 Å². The fourth-order valence-corrected chi connectivity index (χ4v) is 3.30. The summed E-state index contributed by atoms with van der Waals surface area (Å²) in [5, 5.41) is 20.7. The van der Waals surface area contributed by atoms with Gasteiger partial charge in [-0.25, -0.2) is 0 Å². The number of aliphatic carboxylic acids is 1. The van der Waals surface area contributed by atoms with Crippen LogP contribution in [0.4, 0.5) is 0 Å². The highest BCUT2D eigenvalue weighted by Crippen LogP contribution is 2.41. The second-order valence-electron chi connectivity index (χ2n) is 8.85. The van der Waals surface area contributed by atoms with Crippen molar-refractivity contribution in [2.45, 2.75) is 58.4 Å². The highest BCUT2D eigenvalue weighted by molar-refractivity contribution is 5.76. The number of nitrogens with zero attached hydrogens (tertiary/aromatic N) is 1. The molecule has 25 heavy (non-hydrogen) atoms. The largest absolute Gasteiger partial charge is 0.507 e. The van der Waals surface area contributed by atoms with E-state index in [1.54, 1.807) is 0 Å². The molecule has 1 unspecified atom stereocenters. The van der Waals surface area contributed by atoms with Gasteiger partial charge in [-0.15, -0.1) is 0 Å². The molecule has 1 saturated heterocycles. The van der Waals surface area contributed by atoms with Gasteiger partial charge in [-0.05, 0) is 39.7 Å². The van der Waals surface area contributed by atoms with Crippen molar-refractivity contribution in [1.29, 1.82) is 0 Å². The Kier molecular flexibility index (Phi) is 5.50. The summed E-state index contributed by atoms with van der Waals surface area (Å²) < 4.78 is 5.37. The minimum Gasteiger partial charge on any atom is -0.507 e. The summed E-state index contributed by atoms with van der Waals surface area (Å²) in [4.78, 5) is 14.0. The number of rotatable bonds is 3. The number of aromatic hydroxyl groups is 1. The number of carboxylic acids is 1. The fourth-order valence-electron chi connectivity index (χ4n) is 3.30. The molecule has 1 aliphatic rings. The van der Waals surface area contributed by atoms with Crippen LogP contribution in [0.1, 0.15) is 64.3 Å². The number of hydrogen-bond donors (Lipinski definition) is 2. The minimum atomic E-state index is -0.868. The molecule has 5 heteroatoms. The van der Waals surface area contributed by atoms with Gasteiger partial charge in [-0.1, -0.05) is 41.5 Å². The predicted octanol–water partition coefficient (Wildman–Crippen LogP) is 3.45. The molecule has 0 aliphatic carbocycles. The van der Waals surface area contributed by atoms with Crippen LogP contribution in [0.3, 0.4) is 0 Å². The van der Waals surface area contributed by atoms with Gasteiger partial charge in [0.1, 0.15) is 11.8 Å². The first-order valence-corrected chi connectivity index (χ1v) is 8.85. The predicted molar refractivity (Wildman–Crippen MR) is 98.3 cm³/mol. The zero-order valence-electron chi connectivity index (χ0n) is 16.2. The average molecular weight is 349 g/mol. The zero-order valence-corrected chi connectivity index (χ0v) is 16.2. The molecular formula is C20H31NO4. The van der Waals surface area contributed by atoms with E-state index in [4.69, 9.17) is 4.74 Å². The van der Waals surface area contributed by atoms with Gasteiger partial charge in [0.15, 0.2) is 0 Å². The summed E-state index contributed by atoms with van der Waals surface area (Å²) in [7, 11) is 0. The van der Waals surface area contributed by atoms with Crippen LogP contribution in [0.25, 0.3) is 0 Å². The Morgan fingerprint density at radius 1 is 1.04 bits per heavy atom. The molecule has 1 aromatic carbocycles. The first-order chi connectivity index (χ1) is 11.4. The molecule has 1 atom stereocenters. The molecule has 0 aromatic heterocycles. The first-order valence-electron chi connectivity index (χ1n) is 8.85. The maximum atomic E-state index is 12.1. The Labute approximate surface area is 150 Å². The Morgan fingerprint density at radius 2 is 1.48 bits per heavy atom. The normalized spacial score (nSPS) is 18.2. The summed E-state index contributed by atoms with van der Waals surface area (Å²) in [6, 6.07) is 2.99. The third kappa shape index (κ3) is 4.33. The number of morpholine rings is 1. The first kappa shape index (κ1) is 19.7. The molecule has 1 heterocycles. The molecule has 0 radical (unpaired) electrons. The Morgan fingerprint density at radius 3 is 1.84 bits per heavy atom. The maximum absolute atomic E-state index is 12.1. The summed E-state index contributed by atoms with van der Waals surface area (Å²) in [6.07, 6.45) is 0. The van der Waals surface area contributed by atoms with Crippen molar-refractivity contribution in [3.8, 4) is 5.75 Å². The van der Waals surface area contributed by atoms with Gasteiger partial charge in [0, 0.05) is 13.1 Å². The lowest BCUT2D eigenvalue weighted by Gasteiger charge is -2.34. The van der Waals surface area contributed by atoms with Crippen LogP contribution >= 0.6 is 0 Å². The van der Waals surface area contributed by atoms with E-state index in [2.05, 4.69) is 0 Å². The van der Waals surface area contributed by atoms with Crippen LogP contribution < -0.4 is 0 Å². The maximum Gasteiger partial charge on any atom is 0.325 e. The van der Waals surface area contributed by atoms with Gasteiger partial charge in [-0.2, -0.15) is 0 Å². The van der Waals surface area contributed by atoms with Crippen LogP contribution in [0, 0.1) is 0 Å². The van der Waals surface area contributed by atoms with Crippen LogP contribution in [0.2, 0.25) is 0 Å². The topological polar surface area (TPSA) is 70.0 Å². The molecular weight excluding hydrogens is 318 g/mol. The van der Waals surface area contributed by atoms with E-state index < -0.39 is 12.0 Å². The van der Waals surface area contributed by atoms with E-state index in [0.29, 0.717) is 26.3 Å². The SMILES string of the molecule is CC(C)(C)c1cc(C(C(=O)O)N2CCOCC2)cc(C(C)(C)C)c1O. The number of carbonyl (C=O) groups is 1. The van der Waals surface area contributed by atoms with Crippen molar-refractivity contribution in [2.75, 3.05) is 26.3 Å². The lowest BCUT2D eigenvalue weighted by atomic mass is 9.77. The Bertz CT molecular complexity index is 599. The van der Waals surface area contributed by atoms with Crippen molar-refractivity contribution >= 4 is 5.97 Å². The van der Waals surface area contributed by atoms with E-state index in [9.17, 15) is 15.0 Å². The van der Waals surface area contributed by atoms with Crippen LogP contribution in [0.15, 0.2) is 12.1 Å². The second kappa shape index (κ2) is 6.96. The average Bonchev–Trinajstić information content (AvgIpc) is 2.47. The minimum absolute atomic E-state index is 0.273. The number of ether oxygens (including phenoxy) is 1. The van der Waals surface area contributed by atoms with Crippen molar-refractivity contribution in [3.05, 3.63) is 28.8 Å². The fraction of sp³-hybridized carbons (Fsp3) is 0.650. The molecule has 0 saturated carbocycles. The molecule has 2 rings (SSSR count). The molecule has 1 aliphatic heterocycles. The van der Waals surface area contributed by atoms with Crippen molar-refractivity contribution < 1.29 is 19.7 Å². The molecule has 140 valence electrons. The van der Waals surface area contributed by atoms with Gasteiger partial charge in [0.2, 0.25) is 0 Å². The van der Waals surface area contributed by atoms with E-state index in [1.807, 2.05) is 58.6 Å². The molecule has 5 nitrogen and oxygen atoms in total. The summed E-state index contributed by atoms with van der Waals surface area (Å²) in [5.74, 6) is -0.595. The lowest BCUT2D eigenvalue weighted by molar-refractivity contribution is -0.145.